The summed E-state index contributed by atoms with van der Waals surface area (Å²) in [7, 11) is 1.37. The van der Waals surface area contributed by atoms with E-state index in [0.29, 0.717) is 5.76 Å². The van der Waals surface area contributed by atoms with Gasteiger partial charge >= 0.3 is 0 Å². The van der Waals surface area contributed by atoms with Crippen molar-refractivity contribution in [1.29, 1.82) is 5.26 Å². The zero-order valence-electron chi connectivity index (χ0n) is 13.3. The molecule has 1 atom stereocenters. The van der Waals surface area contributed by atoms with Crippen LogP contribution in [0.4, 0.5) is 5.82 Å². The maximum Gasteiger partial charge on any atom is 0.261 e. The number of aromatic nitrogens is 1. The van der Waals surface area contributed by atoms with Crippen LogP contribution in [0.1, 0.15) is 45.4 Å². The highest BCUT2D eigenvalue weighted by molar-refractivity contribution is 6.09. The van der Waals surface area contributed by atoms with E-state index in [0.717, 1.165) is 11.3 Å². The summed E-state index contributed by atoms with van der Waals surface area (Å²) in [6.45, 7) is 7.36. The summed E-state index contributed by atoms with van der Waals surface area (Å²) in [4.78, 5) is 13.3. The quantitative estimate of drug-likeness (QED) is 0.910. The fourth-order valence-corrected chi connectivity index (χ4v) is 2.35. The highest BCUT2D eigenvalue weighted by atomic mass is 16.5. The average Bonchev–Trinajstić information content (AvgIpc) is 2.99. The molecule has 1 aliphatic rings. The molecule has 1 unspecified atom stereocenters. The minimum absolute atomic E-state index is 0.0166. The van der Waals surface area contributed by atoms with Crippen LogP contribution in [-0.4, -0.2) is 29.5 Å². The maximum absolute atomic E-state index is 12.3. The molecule has 2 rings (SSSR count). The number of nitrogens with zero attached hydrogens (tertiary/aromatic N) is 3. The molecule has 0 bridgehead atoms. The molecule has 22 heavy (non-hydrogen) atoms. The van der Waals surface area contributed by atoms with Crippen LogP contribution in [0.15, 0.2) is 15.9 Å². The van der Waals surface area contributed by atoms with Crippen molar-refractivity contribution in [2.24, 2.45) is 0 Å². The molecule has 0 saturated heterocycles. The molecule has 0 aliphatic carbocycles. The molecule has 1 aromatic heterocycles. The van der Waals surface area contributed by atoms with Gasteiger partial charge in [-0.1, -0.05) is 25.9 Å². The van der Waals surface area contributed by atoms with Crippen molar-refractivity contribution >= 4 is 11.7 Å². The zero-order chi connectivity index (χ0) is 16.7. The van der Waals surface area contributed by atoms with Crippen molar-refractivity contribution in [1.82, 2.24) is 5.16 Å². The Labute approximate surface area is 128 Å². The number of methoxy groups -OCH3 is 1. The van der Waals surface area contributed by atoms with E-state index in [2.05, 4.69) is 5.16 Å². The lowest BCUT2D eigenvalue weighted by molar-refractivity contribution is -0.115. The maximum atomic E-state index is 12.3. The predicted molar refractivity (Wildman–Crippen MR) is 77.7 cm³/mol. The number of aliphatic hydroxyl groups is 1. The Morgan fingerprint density at radius 2 is 2.18 bits per heavy atom. The molecule has 0 fully saturated rings. The molecule has 0 aromatic carbocycles. The zero-order valence-corrected chi connectivity index (χ0v) is 13.3. The Kier molecular flexibility index (Phi) is 3.98. The smallest absolute Gasteiger partial charge is 0.261 e. The van der Waals surface area contributed by atoms with Crippen molar-refractivity contribution in [2.75, 3.05) is 12.0 Å². The van der Waals surface area contributed by atoms with Crippen LogP contribution in [0.3, 0.4) is 0 Å². The third-order valence-electron chi connectivity index (χ3n) is 4.12. The molecule has 0 radical (unpaired) electrons. The van der Waals surface area contributed by atoms with Gasteiger partial charge in [0.1, 0.15) is 11.6 Å². The van der Waals surface area contributed by atoms with Crippen LogP contribution >= 0.6 is 0 Å². The molecule has 1 aromatic rings. The number of rotatable bonds is 4. The molecule has 1 N–H and O–H groups in total. The topological polar surface area (TPSA) is 99.6 Å². The van der Waals surface area contributed by atoms with Gasteiger partial charge in [-0.3, -0.25) is 9.69 Å². The van der Waals surface area contributed by atoms with Gasteiger partial charge in [0.15, 0.2) is 23.6 Å². The molecule has 118 valence electrons. The number of nitriles is 1. The molecule has 0 saturated carbocycles. The Hall–Kier alpha value is -2.33. The van der Waals surface area contributed by atoms with Crippen molar-refractivity contribution in [3.8, 4) is 6.07 Å². The van der Waals surface area contributed by atoms with Crippen molar-refractivity contribution < 1.29 is 19.2 Å². The number of anilines is 1. The Morgan fingerprint density at radius 1 is 1.55 bits per heavy atom. The van der Waals surface area contributed by atoms with E-state index in [4.69, 9.17) is 9.26 Å². The van der Waals surface area contributed by atoms with Gasteiger partial charge in [0.25, 0.3) is 5.91 Å². The monoisotopic (exact) mass is 305 g/mol. The normalized spacial score (nSPS) is 18.9. The number of amides is 1. The van der Waals surface area contributed by atoms with Crippen LogP contribution in [-0.2, 0) is 14.9 Å². The average molecular weight is 305 g/mol. The summed E-state index contributed by atoms with van der Waals surface area (Å²) in [6.07, 6.45) is -0.583. The number of carbonyl (C=O) groups is 1. The Morgan fingerprint density at radius 3 is 2.64 bits per heavy atom. The second-order valence-corrected chi connectivity index (χ2v) is 5.80. The third-order valence-corrected chi connectivity index (χ3v) is 4.12. The summed E-state index contributed by atoms with van der Waals surface area (Å²) >= 11 is 0. The molecule has 1 aliphatic heterocycles. The van der Waals surface area contributed by atoms with Gasteiger partial charge in [0, 0.05) is 5.41 Å². The number of hydrogen-bond acceptors (Lipinski definition) is 6. The highest BCUT2D eigenvalue weighted by Crippen LogP contribution is 2.37. The van der Waals surface area contributed by atoms with Crippen LogP contribution in [0.5, 0.6) is 0 Å². The molecule has 7 heteroatoms. The number of hydrogen-bond donors (Lipinski definition) is 1. The summed E-state index contributed by atoms with van der Waals surface area (Å²) in [5.41, 5.74) is 0.0268. The molecule has 2 heterocycles. The summed E-state index contributed by atoms with van der Waals surface area (Å²) in [5.74, 6) is 0.0992. The van der Waals surface area contributed by atoms with Crippen LogP contribution in [0.2, 0.25) is 0 Å². The first-order chi connectivity index (χ1) is 10.3. The Balaban J connectivity index is 2.53. The fourth-order valence-electron chi connectivity index (χ4n) is 2.35. The standard InChI is InChI=1S/C15H19N3O4/c1-6-15(3,4)11-9(7-16)12(17-22-11)18-13(19)8(2)10(21-5)14(18)20/h14,20H,6H2,1-5H3. The first kappa shape index (κ1) is 16.0. The van der Waals surface area contributed by atoms with Crippen molar-refractivity contribution in [3.05, 3.63) is 22.7 Å². The van der Waals surface area contributed by atoms with Crippen molar-refractivity contribution in [2.45, 2.75) is 45.8 Å². The number of aliphatic hydroxyl groups excluding tert-OH is 1. The predicted octanol–water partition coefficient (Wildman–Crippen LogP) is 1.82. The van der Waals surface area contributed by atoms with E-state index >= 15 is 0 Å². The van der Waals surface area contributed by atoms with Gasteiger partial charge in [-0.25, -0.2) is 0 Å². The van der Waals surface area contributed by atoms with Gasteiger partial charge in [-0.15, -0.1) is 0 Å². The largest absolute Gasteiger partial charge is 0.496 e. The minimum Gasteiger partial charge on any atom is -0.496 e. The van der Waals surface area contributed by atoms with Gasteiger partial charge in [0.2, 0.25) is 0 Å². The van der Waals surface area contributed by atoms with E-state index < -0.39 is 17.6 Å². The van der Waals surface area contributed by atoms with E-state index in [1.54, 1.807) is 6.92 Å². The first-order valence-electron chi connectivity index (χ1n) is 6.96. The van der Waals surface area contributed by atoms with Gasteiger partial charge < -0.3 is 14.4 Å². The van der Waals surface area contributed by atoms with Crippen LogP contribution < -0.4 is 4.90 Å². The lowest BCUT2D eigenvalue weighted by Gasteiger charge is -2.21. The summed E-state index contributed by atoms with van der Waals surface area (Å²) in [5, 5.41) is 23.6. The van der Waals surface area contributed by atoms with Crippen LogP contribution in [0.25, 0.3) is 0 Å². The van der Waals surface area contributed by atoms with Gasteiger partial charge in [-0.05, 0) is 13.3 Å². The second-order valence-electron chi connectivity index (χ2n) is 5.80. The fraction of sp³-hybridized carbons (Fsp3) is 0.533. The molecular formula is C15H19N3O4. The third kappa shape index (κ3) is 2.16. The first-order valence-corrected chi connectivity index (χ1v) is 6.96. The SMILES string of the molecule is CCC(C)(C)c1onc(N2C(=O)C(C)=C(OC)C2O)c1C#N. The molecule has 7 nitrogen and oxygen atoms in total. The number of carbonyl (C=O) groups excluding carboxylic acids is 1. The minimum atomic E-state index is -1.31. The molecule has 0 spiro atoms. The summed E-state index contributed by atoms with van der Waals surface area (Å²) in [6, 6.07) is 2.03. The summed E-state index contributed by atoms with van der Waals surface area (Å²) < 4.78 is 10.4. The molecule has 1 amide bonds. The van der Waals surface area contributed by atoms with Gasteiger partial charge in [-0.2, -0.15) is 5.26 Å². The number of ether oxygens (including phenoxy) is 1. The van der Waals surface area contributed by atoms with E-state index in [1.165, 1.54) is 7.11 Å². The lowest BCUT2D eigenvalue weighted by Crippen LogP contribution is -2.36. The van der Waals surface area contributed by atoms with E-state index in [9.17, 15) is 15.2 Å². The van der Waals surface area contributed by atoms with Gasteiger partial charge in [0.05, 0.1) is 12.7 Å². The molecular weight excluding hydrogens is 286 g/mol. The van der Waals surface area contributed by atoms with Crippen LogP contribution in [0, 0.1) is 11.3 Å². The second kappa shape index (κ2) is 5.46. The Bertz CT molecular complexity index is 681. The lowest BCUT2D eigenvalue weighted by atomic mass is 9.85. The van der Waals surface area contributed by atoms with E-state index in [1.807, 2.05) is 26.8 Å². The highest BCUT2D eigenvalue weighted by Gasteiger charge is 2.42. The van der Waals surface area contributed by atoms with Crippen molar-refractivity contribution in [3.63, 3.8) is 0 Å². The van der Waals surface area contributed by atoms with E-state index in [-0.39, 0.29) is 22.7 Å².